The number of nitrogens with one attached hydrogen (secondary N) is 2. The predicted molar refractivity (Wildman–Crippen MR) is 144 cm³/mol. The average molecular weight is 507 g/mol. The van der Waals surface area contributed by atoms with E-state index in [-0.39, 0.29) is 29.3 Å². The molecule has 0 spiro atoms. The zero-order valence-corrected chi connectivity index (χ0v) is 22.2. The fourth-order valence-electron chi connectivity index (χ4n) is 7.64. The molecule has 200 valence electrons. The Hall–Kier alpha value is -2.41. The minimum Gasteiger partial charge on any atom is -0.508 e. The molecule has 6 rings (SSSR count). The molecule has 0 aromatic heterocycles. The van der Waals surface area contributed by atoms with Crippen LogP contribution in [-0.2, 0) is 24.2 Å². The van der Waals surface area contributed by atoms with E-state index in [2.05, 4.69) is 36.6 Å². The third-order valence-electron chi connectivity index (χ3n) is 8.88. The smallest absolute Gasteiger partial charge is 0.224 e. The van der Waals surface area contributed by atoms with Gasteiger partial charge in [0.1, 0.15) is 5.75 Å². The van der Waals surface area contributed by atoms with E-state index in [1.807, 2.05) is 12.1 Å². The van der Waals surface area contributed by atoms with Crippen molar-refractivity contribution in [1.82, 2.24) is 10.6 Å². The summed E-state index contributed by atoms with van der Waals surface area (Å²) in [4.78, 5) is 13.1. The van der Waals surface area contributed by atoms with Crippen molar-refractivity contribution in [3.8, 4) is 5.75 Å². The molecule has 2 aromatic rings. The van der Waals surface area contributed by atoms with Gasteiger partial charge in [-0.1, -0.05) is 30.3 Å². The number of rotatable bonds is 10. The van der Waals surface area contributed by atoms with Crippen LogP contribution in [0.2, 0.25) is 0 Å². The van der Waals surface area contributed by atoms with Gasteiger partial charge in [0.2, 0.25) is 5.91 Å². The molecule has 4 aliphatic carbocycles. The first-order valence-corrected chi connectivity index (χ1v) is 13.9. The first-order valence-electron chi connectivity index (χ1n) is 13.9. The van der Waals surface area contributed by atoms with Crippen LogP contribution < -0.4 is 10.6 Å². The molecular formula is C31H42N2O4. The van der Waals surface area contributed by atoms with Crippen LogP contribution in [0.15, 0.2) is 42.5 Å². The predicted octanol–water partition coefficient (Wildman–Crippen LogP) is 4.16. The highest BCUT2D eigenvalue weighted by Crippen LogP contribution is 2.55. The van der Waals surface area contributed by atoms with Gasteiger partial charge in [-0.05, 0) is 105 Å². The maximum absolute atomic E-state index is 13.1. The summed E-state index contributed by atoms with van der Waals surface area (Å²) in [6.07, 6.45) is 8.03. The number of aliphatic hydroxyl groups is 2. The molecule has 2 aromatic carbocycles. The van der Waals surface area contributed by atoms with Crippen LogP contribution in [0, 0.1) is 17.8 Å². The van der Waals surface area contributed by atoms with Crippen LogP contribution in [0.1, 0.15) is 80.7 Å². The van der Waals surface area contributed by atoms with E-state index in [0.29, 0.717) is 24.1 Å². The summed E-state index contributed by atoms with van der Waals surface area (Å²) >= 11 is 0. The molecule has 4 fully saturated rings. The number of aliphatic hydroxyl groups excluding tert-OH is 2. The van der Waals surface area contributed by atoms with E-state index in [1.165, 1.54) is 44.6 Å². The van der Waals surface area contributed by atoms with Crippen molar-refractivity contribution in [1.29, 1.82) is 0 Å². The van der Waals surface area contributed by atoms with Crippen LogP contribution in [0.25, 0.3) is 0 Å². The number of hydrogen-bond acceptors (Lipinski definition) is 5. The van der Waals surface area contributed by atoms with Crippen LogP contribution in [-0.4, -0.2) is 38.8 Å². The molecule has 6 nitrogen and oxygen atoms in total. The first-order chi connectivity index (χ1) is 17.6. The second kappa shape index (κ2) is 10.4. The van der Waals surface area contributed by atoms with Crippen LogP contribution in [0.4, 0.5) is 0 Å². The topological polar surface area (TPSA) is 102 Å². The molecule has 4 saturated carbocycles. The average Bonchev–Trinajstić information content (AvgIpc) is 2.81. The van der Waals surface area contributed by atoms with Gasteiger partial charge in [-0.3, -0.25) is 4.79 Å². The lowest BCUT2D eigenvalue weighted by atomic mass is 9.53. The van der Waals surface area contributed by atoms with Gasteiger partial charge in [0.15, 0.2) is 0 Å². The molecule has 0 heterocycles. The highest BCUT2D eigenvalue weighted by atomic mass is 16.3. The van der Waals surface area contributed by atoms with Gasteiger partial charge in [-0.15, -0.1) is 0 Å². The normalized spacial score (nSPS) is 27.3. The monoisotopic (exact) mass is 506 g/mol. The Kier molecular flexibility index (Phi) is 7.36. The summed E-state index contributed by atoms with van der Waals surface area (Å²) in [6, 6.07) is 13.1. The van der Waals surface area contributed by atoms with Gasteiger partial charge < -0.3 is 26.0 Å². The van der Waals surface area contributed by atoms with Crippen molar-refractivity contribution in [3.63, 3.8) is 0 Å². The lowest BCUT2D eigenvalue weighted by Crippen LogP contribution is -2.60. The zero-order chi connectivity index (χ0) is 26.2. The lowest BCUT2D eigenvalue weighted by molar-refractivity contribution is -0.126. The van der Waals surface area contributed by atoms with Crippen molar-refractivity contribution in [3.05, 3.63) is 64.7 Å². The molecule has 1 unspecified atom stereocenters. The molecule has 1 atom stereocenters. The number of hydrogen-bond donors (Lipinski definition) is 5. The van der Waals surface area contributed by atoms with Crippen LogP contribution >= 0.6 is 0 Å². The maximum Gasteiger partial charge on any atom is 0.224 e. The zero-order valence-electron chi connectivity index (χ0n) is 22.2. The number of amides is 1. The van der Waals surface area contributed by atoms with Crippen molar-refractivity contribution in [2.24, 2.45) is 17.8 Å². The van der Waals surface area contributed by atoms with E-state index < -0.39 is 6.10 Å². The molecule has 37 heavy (non-hydrogen) atoms. The summed E-state index contributed by atoms with van der Waals surface area (Å²) in [5.41, 5.74) is 3.01. The quantitative estimate of drug-likeness (QED) is 0.333. The number of benzene rings is 2. The lowest BCUT2D eigenvalue weighted by Gasteiger charge is -2.56. The summed E-state index contributed by atoms with van der Waals surface area (Å²) in [7, 11) is 0. The Balaban J connectivity index is 1.15. The highest BCUT2D eigenvalue weighted by molar-refractivity contribution is 5.79. The molecule has 5 N–H and O–H groups in total. The van der Waals surface area contributed by atoms with Gasteiger partial charge >= 0.3 is 0 Å². The molecule has 6 heteroatoms. The Morgan fingerprint density at radius 1 is 1.03 bits per heavy atom. The second-order valence-corrected chi connectivity index (χ2v) is 12.7. The number of carbonyl (C=O) groups excluding carboxylic acids is 1. The third kappa shape index (κ3) is 6.19. The van der Waals surface area contributed by atoms with Crippen molar-refractivity contribution in [2.75, 3.05) is 6.54 Å². The van der Waals surface area contributed by atoms with Gasteiger partial charge in [-0.2, -0.15) is 0 Å². The molecule has 4 bridgehead atoms. The van der Waals surface area contributed by atoms with Crippen molar-refractivity contribution in [2.45, 2.75) is 89.0 Å². The Morgan fingerprint density at radius 3 is 2.32 bits per heavy atom. The molecule has 0 aliphatic heterocycles. The maximum atomic E-state index is 13.1. The van der Waals surface area contributed by atoms with E-state index in [9.17, 15) is 20.1 Å². The van der Waals surface area contributed by atoms with Gasteiger partial charge in [0.05, 0.1) is 19.1 Å². The summed E-state index contributed by atoms with van der Waals surface area (Å²) in [5.74, 6) is 2.62. The fourth-order valence-corrected chi connectivity index (χ4v) is 7.64. The third-order valence-corrected chi connectivity index (χ3v) is 8.88. The first kappa shape index (κ1) is 26.2. The van der Waals surface area contributed by atoms with Crippen molar-refractivity contribution < 1.29 is 20.1 Å². The molecule has 0 radical (unpaired) electrons. The van der Waals surface area contributed by atoms with E-state index >= 15 is 0 Å². The van der Waals surface area contributed by atoms with Gasteiger partial charge in [0, 0.05) is 23.2 Å². The van der Waals surface area contributed by atoms with Crippen LogP contribution in [0.3, 0.4) is 0 Å². The van der Waals surface area contributed by atoms with E-state index in [1.54, 1.807) is 12.1 Å². The minimum atomic E-state index is -0.759. The molecule has 1 amide bonds. The molecule has 0 saturated heterocycles. The number of aromatic hydroxyl groups is 1. The van der Waals surface area contributed by atoms with Gasteiger partial charge in [0.25, 0.3) is 0 Å². The standard InChI is InChI=1S/C31H42N2O4/c1-30(2,32-18-28(36)25-6-7-27(35)26(13-25)19-34)14-21-5-3-4-20(8-21)12-29(37)33-31-15-22-9-23(16-31)11-24(10-22)17-31/h3-8,13,22-24,28,32,34-36H,9-12,14-19H2,1-2H3,(H,33,37). The van der Waals surface area contributed by atoms with Crippen molar-refractivity contribution >= 4 is 5.91 Å². The van der Waals surface area contributed by atoms with Crippen LogP contribution in [0.5, 0.6) is 5.75 Å². The Labute approximate surface area is 220 Å². The second-order valence-electron chi connectivity index (χ2n) is 12.7. The number of β-amino-alcohol motifs (C(OH)–C–C–N with tert-alkyl or cyclic N) is 1. The Bertz CT molecular complexity index is 1090. The largest absolute Gasteiger partial charge is 0.508 e. The van der Waals surface area contributed by atoms with E-state index in [4.69, 9.17) is 0 Å². The fraction of sp³-hybridized carbons (Fsp3) is 0.581. The Morgan fingerprint density at radius 2 is 1.68 bits per heavy atom. The van der Waals surface area contributed by atoms with E-state index in [0.717, 1.165) is 35.3 Å². The number of carbonyl (C=O) groups is 1. The minimum absolute atomic E-state index is 0.0261. The molecule has 4 aliphatic rings. The summed E-state index contributed by atoms with van der Waals surface area (Å²) < 4.78 is 0. The molecular weight excluding hydrogens is 464 g/mol. The SMILES string of the molecule is CC(C)(Cc1cccc(CC(=O)NC23CC4CC(CC(C4)C2)C3)c1)NCC(O)c1ccc(O)c(CO)c1. The summed E-state index contributed by atoms with van der Waals surface area (Å²) in [6.45, 7) is 4.27. The summed E-state index contributed by atoms with van der Waals surface area (Å²) in [5, 5.41) is 36.7. The highest BCUT2D eigenvalue weighted by Gasteiger charge is 2.51. The number of phenols is 1. The van der Waals surface area contributed by atoms with Gasteiger partial charge in [-0.25, -0.2) is 0 Å².